The Labute approximate surface area is 167 Å². The van der Waals surface area contributed by atoms with Gasteiger partial charge in [-0.15, -0.1) is 0 Å². The van der Waals surface area contributed by atoms with E-state index in [1.54, 1.807) is 0 Å². The molecule has 1 aliphatic carbocycles. The highest BCUT2D eigenvalue weighted by atomic mass is 16.5. The van der Waals surface area contributed by atoms with Crippen LogP contribution < -0.4 is 25.4 Å². The number of urea groups is 1. The van der Waals surface area contributed by atoms with E-state index in [0.29, 0.717) is 45.2 Å². The van der Waals surface area contributed by atoms with Gasteiger partial charge in [-0.3, -0.25) is 4.79 Å². The molecule has 28 heavy (non-hydrogen) atoms. The normalized spacial score (nSPS) is 14.2. The highest BCUT2D eigenvalue weighted by molar-refractivity contribution is 5.76. The van der Waals surface area contributed by atoms with Gasteiger partial charge < -0.3 is 25.4 Å². The van der Waals surface area contributed by atoms with Crippen LogP contribution in [0.1, 0.15) is 51.9 Å². The second-order valence-electron chi connectivity index (χ2n) is 6.94. The Morgan fingerprint density at radius 2 is 1.64 bits per heavy atom. The van der Waals surface area contributed by atoms with Crippen molar-refractivity contribution in [3.05, 3.63) is 24.3 Å². The summed E-state index contributed by atoms with van der Waals surface area (Å²) >= 11 is 0. The lowest BCUT2D eigenvalue weighted by molar-refractivity contribution is -0.121. The molecule has 0 aromatic heterocycles. The van der Waals surface area contributed by atoms with Gasteiger partial charge in [0.25, 0.3) is 0 Å². The summed E-state index contributed by atoms with van der Waals surface area (Å²) in [4.78, 5) is 23.6. The molecule has 1 aliphatic rings. The summed E-state index contributed by atoms with van der Waals surface area (Å²) in [6.45, 7) is 3.92. The molecule has 3 amide bonds. The van der Waals surface area contributed by atoms with E-state index in [2.05, 4.69) is 16.0 Å². The van der Waals surface area contributed by atoms with Gasteiger partial charge in [-0.05, 0) is 50.5 Å². The third kappa shape index (κ3) is 8.97. The number of carbonyl (C=O) groups excluding carboxylic acids is 2. The first-order valence-corrected chi connectivity index (χ1v) is 10.3. The maximum atomic E-state index is 11.8. The zero-order chi connectivity index (χ0) is 20.0. The van der Waals surface area contributed by atoms with E-state index in [1.165, 1.54) is 19.3 Å². The molecule has 1 saturated carbocycles. The Bertz CT molecular complexity index is 586. The van der Waals surface area contributed by atoms with Crippen LogP contribution in [0.25, 0.3) is 0 Å². The molecule has 0 unspecified atom stereocenters. The van der Waals surface area contributed by atoms with Crippen LogP contribution >= 0.6 is 0 Å². The molecule has 0 bridgehead atoms. The van der Waals surface area contributed by atoms with E-state index in [4.69, 9.17) is 9.47 Å². The Kier molecular flexibility index (Phi) is 10.0. The van der Waals surface area contributed by atoms with Gasteiger partial charge in [0.15, 0.2) is 0 Å². The number of nitrogens with one attached hydrogen (secondary N) is 3. The van der Waals surface area contributed by atoms with E-state index < -0.39 is 0 Å². The van der Waals surface area contributed by atoms with Crippen LogP contribution in [-0.2, 0) is 4.79 Å². The SMILES string of the molecule is CCOc1ccc(OCCNC(=O)CCCNC(=O)NC2CCCCC2)cc1. The fourth-order valence-corrected chi connectivity index (χ4v) is 3.18. The van der Waals surface area contributed by atoms with E-state index in [9.17, 15) is 9.59 Å². The molecule has 3 N–H and O–H groups in total. The summed E-state index contributed by atoms with van der Waals surface area (Å²) < 4.78 is 11.0. The fraction of sp³-hybridized carbons (Fsp3) is 0.619. The molecule has 2 rings (SSSR count). The molecule has 0 atom stereocenters. The molecule has 0 saturated heterocycles. The van der Waals surface area contributed by atoms with Gasteiger partial charge in [-0.2, -0.15) is 0 Å². The minimum atomic E-state index is -0.129. The smallest absolute Gasteiger partial charge is 0.315 e. The van der Waals surface area contributed by atoms with Crippen LogP contribution in [0.3, 0.4) is 0 Å². The van der Waals surface area contributed by atoms with Crippen molar-refractivity contribution in [3.63, 3.8) is 0 Å². The third-order valence-electron chi connectivity index (χ3n) is 4.63. The van der Waals surface area contributed by atoms with Crippen molar-refractivity contribution in [1.29, 1.82) is 0 Å². The molecule has 1 fully saturated rings. The van der Waals surface area contributed by atoms with E-state index in [-0.39, 0.29) is 11.9 Å². The van der Waals surface area contributed by atoms with Crippen molar-refractivity contribution in [2.24, 2.45) is 0 Å². The topological polar surface area (TPSA) is 88.7 Å². The number of ether oxygens (including phenoxy) is 2. The summed E-state index contributed by atoms with van der Waals surface area (Å²) in [5.41, 5.74) is 0. The molecule has 1 aromatic rings. The summed E-state index contributed by atoms with van der Waals surface area (Å²) in [6, 6.07) is 7.57. The second kappa shape index (κ2) is 12.9. The minimum Gasteiger partial charge on any atom is -0.494 e. The van der Waals surface area contributed by atoms with E-state index in [0.717, 1.165) is 24.3 Å². The quantitative estimate of drug-likeness (QED) is 0.506. The summed E-state index contributed by atoms with van der Waals surface area (Å²) in [6.07, 6.45) is 6.76. The highest BCUT2D eigenvalue weighted by Gasteiger charge is 2.15. The number of carbonyl (C=O) groups is 2. The van der Waals surface area contributed by atoms with Crippen LogP contribution in [0.15, 0.2) is 24.3 Å². The van der Waals surface area contributed by atoms with Crippen molar-refractivity contribution in [3.8, 4) is 11.5 Å². The minimum absolute atomic E-state index is 0.0372. The zero-order valence-corrected chi connectivity index (χ0v) is 16.8. The van der Waals surface area contributed by atoms with Gasteiger partial charge in [-0.1, -0.05) is 19.3 Å². The Hall–Kier alpha value is -2.44. The zero-order valence-electron chi connectivity index (χ0n) is 16.8. The van der Waals surface area contributed by atoms with Crippen molar-refractivity contribution in [1.82, 2.24) is 16.0 Å². The van der Waals surface area contributed by atoms with E-state index >= 15 is 0 Å². The first-order valence-electron chi connectivity index (χ1n) is 10.3. The molecular formula is C21H33N3O4. The second-order valence-corrected chi connectivity index (χ2v) is 6.94. The molecule has 156 valence electrons. The lowest BCUT2D eigenvalue weighted by Gasteiger charge is -2.22. The van der Waals surface area contributed by atoms with Gasteiger partial charge in [0.2, 0.25) is 5.91 Å². The molecule has 0 radical (unpaired) electrons. The van der Waals surface area contributed by atoms with Gasteiger partial charge in [-0.25, -0.2) is 4.79 Å². The first kappa shape index (κ1) is 21.9. The number of benzene rings is 1. The summed E-state index contributed by atoms with van der Waals surface area (Å²) in [5, 5.41) is 8.64. The van der Waals surface area contributed by atoms with E-state index in [1.807, 2.05) is 31.2 Å². The van der Waals surface area contributed by atoms with Crippen molar-refractivity contribution >= 4 is 11.9 Å². The molecule has 0 heterocycles. The van der Waals surface area contributed by atoms with Crippen LogP contribution in [0.2, 0.25) is 0 Å². The average molecular weight is 392 g/mol. The highest BCUT2D eigenvalue weighted by Crippen LogP contribution is 2.18. The number of hydrogen-bond donors (Lipinski definition) is 3. The molecular weight excluding hydrogens is 358 g/mol. The fourth-order valence-electron chi connectivity index (χ4n) is 3.18. The molecule has 1 aromatic carbocycles. The van der Waals surface area contributed by atoms with Gasteiger partial charge >= 0.3 is 6.03 Å². The average Bonchev–Trinajstić information content (AvgIpc) is 2.71. The molecule has 7 nitrogen and oxygen atoms in total. The Morgan fingerprint density at radius 3 is 2.32 bits per heavy atom. The third-order valence-corrected chi connectivity index (χ3v) is 4.63. The van der Waals surface area contributed by atoms with Crippen molar-refractivity contribution in [2.75, 3.05) is 26.3 Å². The maximum absolute atomic E-state index is 11.8. The Morgan fingerprint density at radius 1 is 0.964 bits per heavy atom. The summed E-state index contributed by atoms with van der Waals surface area (Å²) in [5.74, 6) is 1.51. The van der Waals surface area contributed by atoms with Crippen LogP contribution in [0, 0.1) is 0 Å². The maximum Gasteiger partial charge on any atom is 0.315 e. The predicted molar refractivity (Wildman–Crippen MR) is 109 cm³/mol. The molecule has 0 aliphatic heterocycles. The standard InChI is InChI=1S/C21H33N3O4/c1-2-27-18-10-12-19(13-11-18)28-16-15-22-20(25)9-6-14-23-21(26)24-17-7-4-3-5-8-17/h10-13,17H,2-9,14-16H2,1H3,(H,22,25)(H2,23,24,26). The van der Waals surface area contributed by atoms with Gasteiger partial charge in [0.05, 0.1) is 13.2 Å². The largest absolute Gasteiger partial charge is 0.494 e. The van der Waals surface area contributed by atoms with Crippen LogP contribution in [0.4, 0.5) is 4.79 Å². The van der Waals surface area contributed by atoms with Gasteiger partial charge in [0, 0.05) is 19.0 Å². The number of amides is 3. The first-order chi connectivity index (χ1) is 13.7. The molecule has 7 heteroatoms. The van der Waals surface area contributed by atoms with Crippen molar-refractivity contribution < 1.29 is 19.1 Å². The van der Waals surface area contributed by atoms with Crippen LogP contribution in [-0.4, -0.2) is 44.3 Å². The molecule has 0 spiro atoms. The van der Waals surface area contributed by atoms with Gasteiger partial charge in [0.1, 0.15) is 18.1 Å². The monoisotopic (exact) mass is 391 g/mol. The van der Waals surface area contributed by atoms with Crippen molar-refractivity contribution in [2.45, 2.75) is 57.9 Å². The number of hydrogen-bond acceptors (Lipinski definition) is 4. The lowest BCUT2D eigenvalue weighted by Crippen LogP contribution is -2.43. The van der Waals surface area contributed by atoms with Crippen LogP contribution in [0.5, 0.6) is 11.5 Å². The lowest BCUT2D eigenvalue weighted by atomic mass is 9.96. The predicted octanol–water partition coefficient (Wildman–Crippen LogP) is 2.99. The Balaban J connectivity index is 1.46. The number of rotatable bonds is 11. The summed E-state index contributed by atoms with van der Waals surface area (Å²) in [7, 11) is 0.